The molecule has 0 aliphatic carbocycles. The maximum absolute atomic E-state index is 11.4. The Labute approximate surface area is 106 Å². The fraction of sp³-hybridized carbons (Fsp3) is 0.400. The van der Waals surface area contributed by atoms with Gasteiger partial charge in [-0.2, -0.15) is 0 Å². The minimum Gasteiger partial charge on any atom is -0.467 e. The predicted molar refractivity (Wildman–Crippen MR) is 62.4 cm³/mol. The molecule has 0 aromatic carbocycles. The van der Waals surface area contributed by atoms with Crippen LogP contribution in [0.4, 0.5) is 0 Å². The highest BCUT2D eigenvalue weighted by atomic mass is 16.5. The third kappa shape index (κ3) is 4.39. The molecule has 1 amide bonds. The first-order valence-corrected chi connectivity index (χ1v) is 5.26. The summed E-state index contributed by atoms with van der Waals surface area (Å²) in [6.45, 7) is -0.673. The van der Waals surface area contributed by atoms with Gasteiger partial charge in [0.15, 0.2) is 6.10 Å². The minimum absolute atomic E-state index is 0.330. The van der Waals surface area contributed by atoms with Gasteiger partial charge < -0.3 is 15.2 Å². The van der Waals surface area contributed by atoms with Gasteiger partial charge in [0.05, 0.1) is 13.7 Å². The average Bonchev–Trinajstić information content (AvgIpc) is 2.38. The molecule has 1 unspecified atom stereocenters. The molecule has 9 heteroatoms. The molecule has 0 saturated carbocycles. The van der Waals surface area contributed by atoms with Gasteiger partial charge in [-0.15, -0.1) is 0 Å². The monoisotopic (exact) mass is 271 g/mol. The Balaban J connectivity index is 2.54. The lowest BCUT2D eigenvalue weighted by atomic mass is 10.3. The normalized spacial score (nSPS) is 11.7. The van der Waals surface area contributed by atoms with Gasteiger partial charge in [0, 0.05) is 12.3 Å². The first kappa shape index (κ1) is 14.6. The second kappa shape index (κ2) is 6.50. The number of carbonyl (C=O) groups excluding carboxylic acids is 2. The maximum atomic E-state index is 11.4. The quantitative estimate of drug-likeness (QED) is 0.495. The van der Waals surface area contributed by atoms with Gasteiger partial charge in [-0.05, 0) is 0 Å². The standard InChI is InChI=1S/C10H13N3O6/c1-19-9(17)6(14)4-11-8(16)5-13-3-2-7(15)12-10(13)18/h2-3,6,14H,4-5H2,1H3,(H,11,16)(H,12,15,18). The fourth-order valence-corrected chi connectivity index (χ4v) is 1.21. The van der Waals surface area contributed by atoms with Crippen molar-refractivity contribution in [3.63, 3.8) is 0 Å². The summed E-state index contributed by atoms with van der Waals surface area (Å²) in [6.07, 6.45) is -0.307. The largest absolute Gasteiger partial charge is 0.467 e. The van der Waals surface area contributed by atoms with Gasteiger partial charge >= 0.3 is 11.7 Å². The molecule has 0 bridgehead atoms. The molecule has 104 valence electrons. The maximum Gasteiger partial charge on any atom is 0.336 e. The summed E-state index contributed by atoms with van der Waals surface area (Å²) < 4.78 is 5.23. The van der Waals surface area contributed by atoms with Crippen LogP contribution in [0.3, 0.4) is 0 Å². The number of methoxy groups -OCH3 is 1. The number of hydrogen-bond acceptors (Lipinski definition) is 6. The highest BCUT2D eigenvalue weighted by Gasteiger charge is 2.16. The molecule has 1 rings (SSSR count). The number of aromatic amines is 1. The van der Waals surface area contributed by atoms with Crippen molar-refractivity contribution in [2.24, 2.45) is 0 Å². The molecule has 19 heavy (non-hydrogen) atoms. The molecule has 9 nitrogen and oxygen atoms in total. The van der Waals surface area contributed by atoms with E-state index in [-0.39, 0.29) is 13.1 Å². The number of aliphatic hydroxyl groups excluding tert-OH is 1. The molecule has 1 aromatic rings. The second-order valence-electron chi connectivity index (χ2n) is 3.58. The van der Waals surface area contributed by atoms with Crippen molar-refractivity contribution in [2.45, 2.75) is 12.6 Å². The molecule has 1 atom stereocenters. The SMILES string of the molecule is COC(=O)C(O)CNC(=O)Cn1ccc(=O)[nH]c1=O. The summed E-state index contributed by atoms with van der Waals surface area (Å²) in [5.74, 6) is -1.47. The number of ether oxygens (including phenoxy) is 1. The zero-order valence-electron chi connectivity index (χ0n) is 10.1. The molecular formula is C10H13N3O6. The van der Waals surface area contributed by atoms with E-state index < -0.39 is 29.2 Å². The van der Waals surface area contributed by atoms with Crippen LogP contribution in [0.2, 0.25) is 0 Å². The molecule has 1 heterocycles. The van der Waals surface area contributed by atoms with E-state index in [1.807, 2.05) is 4.98 Å². The summed E-state index contributed by atoms with van der Waals surface area (Å²) >= 11 is 0. The molecule has 1 aromatic heterocycles. The number of esters is 1. The van der Waals surface area contributed by atoms with Gasteiger partial charge in [0.25, 0.3) is 5.56 Å². The Hall–Kier alpha value is -2.42. The topological polar surface area (TPSA) is 130 Å². The van der Waals surface area contributed by atoms with Crippen molar-refractivity contribution in [1.82, 2.24) is 14.9 Å². The van der Waals surface area contributed by atoms with E-state index in [0.717, 1.165) is 23.9 Å². The molecule has 0 aliphatic rings. The van der Waals surface area contributed by atoms with Crippen LogP contribution in [-0.2, 0) is 20.9 Å². The molecule has 0 aliphatic heterocycles. The first-order chi connectivity index (χ1) is 8.93. The predicted octanol–water partition coefficient (Wildman–Crippen LogP) is -2.81. The summed E-state index contributed by atoms with van der Waals surface area (Å²) in [6, 6.07) is 1.10. The lowest BCUT2D eigenvalue weighted by molar-refractivity contribution is -0.150. The average molecular weight is 271 g/mol. The van der Waals surface area contributed by atoms with Crippen LogP contribution in [0.25, 0.3) is 0 Å². The van der Waals surface area contributed by atoms with Gasteiger partial charge in [-0.1, -0.05) is 0 Å². The number of nitrogens with one attached hydrogen (secondary N) is 2. The van der Waals surface area contributed by atoms with E-state index in [4.69, 9.17) is 0 Å². The number of aromatic nitrogens is 2. The van der Waals surface area contributed by atoms with Crippen molar-refractivity contribution >= 4 is 11.9 Å². The zero-order valence-corrected chi connectivity index (χ0v) is 10.1. The number of rotatable bonds is 5. The van der Waals surface area contributed by atoms with Crippen LogP contribution in [0.5, 0.6) is 0 Å². The lowest BCUT2D eigenvalue weighted by Gasteiger charge is -2.10. The molecule has 3 N–H and O–H groups in total. The lowest BCUT2D eigenvalue weighted by Crippen LogP contribution is -2.40. The smallest absolute Gasteiger partial charge is 0.336 e. The molecule has 0 saturated heterocycles. The van der Waals surface area contributed by atoms with Crippen LogP contribution in [-0.4, -0.2) is 46.3 Å². The molecule has 0 fully saturated rings. The van der Waals surface area contributed by atoms with E-state index >= 15 is 0 Å². The Morgan fingerprint density at radius 2 is 2.21 bits per heavy atom. The van der Waals surface area contributed by atoms with Crippen molar-refractivity contribution in [3.05, 3.63) is 33.1 Å². The summed E-state index contributed by atoms with van der Waals surface area (Å²) in [7, 11) is 1.10. The number of aliphatic hydroxyl groups is 1. The number of H-pyrrole nitrogens is 1. The Bertz CT molecular complexity index is 575. The van der Waals surface area contributed by atoms with E-state index in [2.05, 4.69) is 10.1 Å². The third-order valence-electron chi connectivity index (χ3n) is 2.18. The van der Waals surface area contributed by atoms with Crippen LogP contribution in [0.15, 0.2) is 21.9 Å². The number of carbonyl (C=O) groups is 2. The van der Waals surface area contributed by atoms with E-state index in [1.165, 1.54) is 0 Å². The number of hydrogen-bond donors (Lipinski definition) is 3. The van der Waals surface area contributed by atoms with Crippen LogP contribution in [0, 0.1) is 0 Å². The van der Waals surface area contributed by atoms with Crippen molar-refractivity contribution in [1.29, 1.82) is 0 Å². The Kier molecular flexibility index (Phi) is 5.01. The Morgan fingerprint density at radius 3 is 2.79 bits per heavy atom. The van der Waals surface area contributed by atoms with Crippen molar-refractivity contribution in [2.75, 3.05) is 13.7 Å². The second-order valence-corrected chi connectivity index (χ2v) is 3.58. The summed E-state index contributed by atoms with van der Waals surface area (Å²) in [5, 5.41) is 11.5. The van der Waals surface area contributed by atoms with Crippen LogP contribution >= 0.6 is 0 Å². The van der Waals surface area contributed by atoms with Crippen LogP contribution in [0.1, 0.15) is 0 Å². The highest BCUT2D eigenvalue weighted by Crippen LogP contribution is 1.85. The fourth-order valence-electron chi connectivity index (χ4n) is 1.21. The molecule has 0 radical (unpaired) electrons. The molecular weight excluding hydrogens is 258 g/mol. The molecule has 0 spiro atoms. The van der Waals surface area contributed by atoms with Crippen molar-refractivity contribution in [3.8, 4) is 0 Å². The highest BCUT2D eigenvalue weighted by molar-refractivity contribution is 5.78. The summed E-state index contributed by atoms with van der Waals surface area (Å²) in [5.41, 5.74) is -1.29. The number of amides is 1. The van der Waals surface area contributed by atoms with E-state index in [9.17, 15) is 24.3 Å². The van der Waals surface area contributed by atoms with Crippen LogP contribution < -0.4 is 16.6 Å². The Morgan fingerprint density at radius 1 is 1.53 bits per heavy atom. The van der Waals surface area contributed by atoms with E-state index in [0.29, 0.717) is 0 Å². The minimum atomic E-state index is -1.47. The van der Waals surface area contributed by atoms with Gasteiger partial charge in [-0.25, -0.2) is 9.59 Å². The third-order valence-corrected chi connectivity index (χ3v) is 2.18. The zero-order chi connectivity index (χ0) is 14.4. The summed E-state index contributed by atoms with van der Waals surface area (Å²) in [4.78, 5) is 46.3. The first-order valence-electron chi connectivity index (χ1n) is 5.26. The van der Waals surface area contributed by atoms with Gasteiger partial charge in [-0.3, -0.25) is 19.1 Å². The van der Waals surface area contributed by atoms with Gasteiger partial charge in [0.1, 0.15) is 6.54 Å². The van der Waals surface area contributed by atoms with Crippen molar-refractivity contribution < 1.29 is 19.4 Å². The van der Waals surface area contributed by atoms with Gasteiger partial charge in [0.2, 0.25) is 5.91 Å². The van der Waals surface area contributed by atoms with E-state index in [1.54, 1.807) is 0 Å². The number of nitrogens with zero attached hydrogens (tertiary/aromatic N) is 1.